The zero-order chi connectivity index (χ0) is 7.98. The van der Waals surface area contributed by atoms with E-state index in [1.54, 1.807) is 0 Å². The van der Waals surface area contributed by atoms with Crippen LogP contribution in [0, 0.1) is 11.3 Å². The van der Waals surface area contributed by atoms with Crippen molar-refractivity contribution < 1.29 is 5.11 Å². The van der Waals surface area contributed by atoms with Gasteiger partial charge < -0.3 is 10.8 Å². The highest BCUT2D eigenvalue weighted by Crippen LogP contribution is 2.09. The molecule has 0 rings (SSSR count). The molecule has 2 atom stereocenters. The molecule has 0 aliphatic rings. The second-order valence-electron chi connectivity index (χ2n) is 2.06. The molecular formula is C6H12N2OS. The number of aliphatic hydroxyl groups is 1. The average molecular weight is 160 g/mol. The number of rotatable bonds is 4. The monoisotopic (exact) mass is 160 g/mol. The lowest BCUT2D eigenvalue weighted by Crippen LogP contribution is -2.21. The van der Waals surface area contributed by atoms with Crippen LogP contribution in [0.25, 0.3) is 0 Å². The Bertz CT molecular complexity index is 123. The third kappa shape index (κ3) is 4.62. The van der Waals surface area contributed by atoms with Gasteiger partial charge in [-0.3, -0.25) is 0 Å². The molecule has 0 aliphatic heterocycles. The van der Waals surface area contributed by atoms with Crippen molar-refractivity contribution in [2.24, 2.45) is 5.73 Å². The van der Waals surface area contributed by atoms with Crippen LogP contribution in [0.4, 0.5) is 0 Å². The molecule has 0 bridgehead atoms. The molecule has 2 unspecified atom stereocenters. The molecule has 0 aromatic heterocycles. The largest absolute Gasteiger partial charge is 0.395 e. The molecule has 10 heavy (non-hydrogen) atoms. The minimum atomic E-state index is -0.404. The van der Waals surface area contributed by atoms with E-state index in [0.29, 0.717) is 5.75 Å². The van der Waals surface area contributed by atoms with Crippen LogP contribution in [0.5, 0.6) is 0 Å². The molecule has 58 valence electrons. The average Bonchev–Trinajstić information content (AvgIpc) is 1.99. The van der Waals surface area contributed by atoms with Crippen molar-refractivity contribution in [1.82, 2.24) is 0 Å². The van der Waals surface area contributed by atoms with Crippen molar-refractivity contribution in [2.75, 3.05) is 12.4 Å². The minimum absolute atomic E-state index is 0.142. The Morgan fingerprint density at radius 2 is 2.40 bits per heavy atom. The van der Waals surface area contributed by atoms with Crippen molar-refractivity contribution >= 4 is 11.8 Å². The Balaban J connectivity index is 3.28. The van der Waals surface area contributed by atoms with E-state index >= 15 is 0 Å². The molecule has 0 saturated heterocycles. The number of nitriles is 1. The van der Waals surface area contributed by atoms with Gasteiger partial charge in [0.1, 0.15) is 6.04 Å². The van der Waals surface area contributed by atoms with Crippen molar-refractivity contribution in [1.29, 1.82) is 5.26 Å². The van der Waals surface area contributed by atoms with Crippen LogP contribution in [-0.2, 0) is 0 Å². The van der Waals surface area contributed by atoms with Gasteiger partial charge in [-0.15, -0.1) is 0 Å². The number of nitrogens with zero attached hydrogens (tertiary/aromatic N) is 1. The Kier molecular flexibility index (Phi) is 5.40. The van der Waals surface area contributed by atoms with Crippen molar-refractivity contribution in [2.45, 2.75) is 18.2 Å². The van der Waals surface area contributed by atoms with Crippen LogP contribution in [0.3, 0.4) is 0 Å². The lowest BCUT2D eigenvalue weighted by atomic mass is 10.4. The van der Waals surface area contributed by atoms with Crippen LogP contribution in [-0.4, -0.2) is 28.8 Å². The highest BCUT2D eigenvalue weighted by molar-refractivity contribution is 7.99. The quantitative estimate of drug-likeness (QED) is 0.605. The molecule has 0 saturated carbocycles. The molecule has 0 amide bonds. The Hall–Kier alpha value is -0.240. The fourth-order valence-electron chi connectivity index (χ4n) is 0.358. The Morgan fingerprint density at radius 1 is 1.80 bits per heavy atom. The summed E-state index contributed by atoms with van der Waals surface area (Å²) in [5, 5.41) is 17.0. The van der Waals surface area contributed by atoms with Gasteiger partial charge in [0, 0.05) is 11.0 Å². The van der Waals surface area contributed by atoms with Crippen LogP contribution in [0.15, 0.2) is 0 Å². The van der Waals surface area contributed by atoms with E-state index in [1.807, 2.05) is 13.0 Å². The molecule has 4 heteroatoms. The molecular weight excluding hydrogens is 148 g/mol. The molecule has 3 N–H and O–H groups in total. The zero-order valence-electron chi connectivity index (χ0n) is 5.95. The van der Waals surface area contributed by atoms with Gasteiger partial charge in [0.15, 0.2) is 0 Å². The summed E-state index contributed by atoms with van der Waals surface area (Å²) in [4.78, 5) is 0. The lowest BCUT2D eigenvalue weighted by molar-refractivity contribution is 0.300. The first-order valence-corrected chi connectivity index (χ1v) is 4.13. The fraction of sp³-hybridized carbons (Fsp3) is 0.833. The van der Waals surface area contributed by atoms with Crippen LogP contribution < -0.4 is 5.73 Å². The van der Waals surface area contributed by atoms with E-state index in [1.165, 1.54) is 11.8 Å². The van der Waals surface area contributed by atoms with Crippen molar-refractivity contribution in [3.8, 4) is 6.07 Å². The maximum atomic E-state index is 8.58. The Morgan fingerprint density at radius 3 is 2.80 bits per heavy atom. The molecule has 0 heterocycles. The van der Waals surface area contributed by atoms with Gasteiger partial charge in [0.25, 0.3) is 0 Å². The van der Waals surface area contributed by atoms with Gasteiger partial charge in [-0.25, -0.2) is 0 Å². The molecule has 0 radical (unpaired) electrons. The van der Waals surface area contributed by atoms with Gasteiger partial charge in [0.2, 0.25) is 0 Å². The molecule has 0 aliphatic carbocycles. The van der Waals surface area contributed by atoms with Crippen LogP contribution in [0.1, 0.15) is 6.92 Å². The Labute approximate surface area is 65.2 Å². The third-order valence-corrected chi connectivity index (χ3v) is 2.25. The summed E-state index contributed by atoms with van der Waals surface area (Å²) in [6, 6.07) is 1.52. The summed E-state index contributed by atoms with van der Waals surface area (Å²) >= 11 is 1.51. The highest BCUT2D eigenvalue weighted by Gasteiger charge is 2.04. The number of hydrogen-bond donors (Lipinski definition) is 2. The fourth-order valence-corrected chi connectivity index (χ4v) is 1.07. The predicted octanol–water partition coefficient (Wildman–Crippen LogP) is -0.0487. The van der Waals surface area contributed by atoms with Gasteiger partial charge in [-0.1, -0.05) is 6.92 Å². The predicted molar refractivity (Wildman–Crippen MR) is 42.6 cm³/mol. The second-order valence-corrected chi connectivity index (χ2v) is 3.53. The van der Waals surface area contributed by atoms with E-state index in [9.17, 15) is 0 Å². The topological polar surface area (TPSA) is 70.0 Å². The summed E-state index contributed by atoms with van der Waals surface area (Å²) in [7, 11) is 0. The smallest absolute Gasteiger partial charge is 0.102 e. The van der Waals surface area contributed by atoms with Gasteiger partial charge in [-0.2, -0.15) is 17.0 Å². The summed E-state index contributed by atoms with van der Waals surface area (Å²) in [6.45, 7) is 2.04. The number of nitrogens with two attached hydrogens (primary N) is 1. The van der Waals surface area contributed by atoms with Gasteiger partial charge in [-0.05, 0) is 0 Å². The van der Waals surface area contributed by atoms with Gasteiger partial charge in [0.05, 0.1) is 12.7 Å². The first-order chi connectivity index (χ1) is 4.70. The van der Waals surface area contributed by atoms with E-state index in [2.05, 4.69) is 0 Å². The summed E-state index contributed by atoms with van der Waals surface area (Å²) in [6.07, 6.45) is 0. The lowest BCUT2D eigenvalue weighted by Gasteiger charge is -2.07. The normalized spacial score (nSPS) is 15.8. The van der Waals surface area contributed by atoms with E-state index < -0.39 is 6.04 Å². The molecule has 0 fully saturated rings. The molecule has 3 nitrogen and oxygen atoms in total. The summed E-state index contributed by atoms with van der Waals surface area (Å²) in [5.41, 5.74) is 5.31. The number of aliphatic hydroxyl groups excluding tert-OH is 1. The summed E-state index contributed by atoms with van der Waals surface area (Å²) in [5.74, 6) is 0.595. The van der Waals surface area contributed by atoms with E-state index in [0.717, 1.165) is 0 Å². The zero-order valence-corrected chi connectivity index (χ0v) is 6.77. The standard InChI is InChI=1S/C6H12N2OS/c1-5(3-9)10-4-6(8)2-7/h5-6,9H,3-4,8H2,1H3. The van der Waals surface area contributed by atoms with Crippen molar-refractivity contribution in [3.05, 3.63) is 0 Å². The molecule has 0 aromatic carbocycles. The first-order valence-electron chi connectivity index (χ1n) is 3.08. The van der Waals surface area contributed by atoms with Crippen molar-refractivity contribution in [3.63, 3.8) is 0 Å². The first kappa shape index (κ1) is 9.76. The minimum Gasteiger partial charge on any atom is -0.395 e. The van der Waals surface area contributed by atoms with Gasteiger partial charge >= 0.3 is 0 Å². The van der Waals surface area contributed by atoms with E-state index in [4.69, 9.17) is 16.1 Å². The maximum Gasteiger partial charge on any atom is 0.102 e. The maximum absolute atomic E-state index is 8.58. The third-order valence-electron chi connectivity index (χ3n) is 0.983. The van der Waals surface area contributed by atoms with E-state index in [-0.39, 0.29) is 11.9 Å². The SMILES string of the molecule is CC(CO)SCC(N)C#N. The summed E-state index contributed by atoms with van der Waals surface area (Å²) < 4.78 is 0. The molecule has 0 spiro atoms. The number of hydrogen-bond acceptors (Lipinski definition) is 4. The number of thioether (sulfide) groups is 1. The van der Waals surface area contributed by atoms with Crippen LogP contribution in [0.2, 0.25) is 0 Å². The van der Waals surface area contributed by atoms with Crippen LogP contribution >= 0.6 is 11.8 Å². The highest BCUT2D eigenvalue weighted by atomic mass is 32.2. The second kappa shape index (κ2) is 5.54. The molecule has 0 aromatic rings.